The van der Waals surface area contributed by atoms with Crippen LogP contribution in [0.15, 0.2) is 42.7 Å². The van der Waals surface area contributed by atoms with E-state index in [-0.39, 0.29) is 0 Å². The summed E-state index contributed by atoms with van der Waals surface area (Å²) in [5.74, 6) is 0. The molecule has 1 aromatic carbocycles. The quantitative estimate of drug-likeness (QED) is 0.437. The van der Waals surface area contributed by atoms with E-state index in [1.54, 1.807) is 0 Å². The van der Waals surface area contributed by atoms with E-state index < -0.39 is 15.6 Å². The molecule has 0 radical (unpaired) electrons. The van der Waals surface area contributed by atoms with Crippen molar-refractivity contribution in [3.8, 4) is 0 Å². The molecule has 0 bridgehead atoms. The van der Waals surface area contributed by atoms with Crippen molar-refractivity contribution in [1.82, 2.24) is 9.80 Å². The molecule has 0 aliphatic carbocycles. The maximum Gasteiger partial charge on any atom is 0.673 e. The van der Waals surface area contributed by atoms with Crippen LogP contribution in [0.25, 0.3) is 0 Å². The molecule has 25 heavy (non-hydrogen) atoms. The third-order valence-electron chi connectivity index (χ3n) is 2.14. The summed E-state index contributed by atoms with van der Waals surface area (Å²) in [5.41, 5.74) is 6.18. The molecule has 0 spiro atoms. The second-order valence-electron chi connectivity index (χ2n) is 6.18. The molecule has 0 amide bonds. The lowest BCUT2D eigenvalue weighted by molar-refractivity contribution is 0.308. The van der Waals surface area contributed by atoms with Gasteiger partial charge < -0.3 is 37.6 Å². The van der Waals surface area contributed by atoms with Gasteiger partial charge in [0.05, 0.1) is 6.67 Å². The highest BCUT2D eigenvalue weighted by Gasteiger charge is 2.20. The molecule has 4 nitrogen and oxygen atoms in total. The van der Waals surface area contributed by atoms with Crippen LogP contribution in [-0.2, 0) is 0 Å². The number of nitrogens with two attached hydrogens (primary N) is 1. The minimum atomic E-state index is -6.00. The van der Waals surface area contributed by atoms with Crippen LogP contribution in [0.1, 0.15) is 6.92 Å². The van der Waals surface area contributed by atoms with Gasteiger partial charge in [0, 0.05) is 31.7 Å². The van der Waals surface area contributed by atoms with Gasteiger partial charge in [-0.15, -0.1) is 0 Å². The highest BCUT2D eigenvalue weighted by molar-refractivity contribution is 6.68. The number of hydrogen-bond donors (Lipinski definition) is 2. The van der Waals surface area contributed by atoms with Crippen LogP contribution in [0, 0.1) is 0 Å². The molecule has 1 heterocycles. The molecule has 0 aromatic heterocycles. The number of rotatable bonds is 1. The lowest BCUT2D eigenvalue weighted by Crippen LogP contribution is -2.21. The molecule has 2 rings (SSSR count). The fourth-order valence-corrected chi connectivity index (χ4v) is 1.25. The van der Waals surface area contributed by atoms with E-state index in [1.807, 2.05) is 50.0 Å². The number of nitrogen functional groups attached to an aromatic ring is 1. The van der Waals surface area contributed by atoms with Crippen LogP contribution in [0.3, 0.4) is 0 Å². The van der Waals surface area contributed by atoms with Crippen molar-refractivity contribution in [2.45, 2.75) is 26.6 Å². The van der Waals surface area contributed by atoms with Crippen molar-refractivity contribution in [1.29, 1.82) is 0 Å². The Bertz CT molecular complexity index is 446. The standard InChI is InChI=1S/C6H12N2.C6H7N.C3H10OSi.BF4/c1-3-8-5-4-7(2)6-8;7-6-4-2-1-3-5-6;1-5(2,3)4;2-1(3,4)5/h4-5H,3,6H2,1-2H3;1-5H,7H2;4H,1-3H3;/q;;;-1. The molecule has 0 saturated carbocycles. The molecular weight excluding hydrogens is 353 g/mol. The van der Waals surface area contributed by atoms with Crippen molar-refractivity contribution in [2.75, 3.05) is 26.0 Å². The maximum absolute atomic E-state index is 9.75. The molecule has 1 aromatic rings. The Balaban J connectivity index is 0. The van der Waals surface area contributed by atoms with E-state index in [2.05, 4.69) is 36.2 Å². The second kappa shape index (κ2) is 12.7. The number of para-hydroxylation sites is 1. The third kappa shape index (κ3) is 30.7. The molecule has 146 valence electrons. The van der Waals surface area contributed by atoms with Crippen LogP contribution in [0.5, 0.6) is 0 Å². The summed E-state index contributed by atoms with van der Waals surface area (Å²) in [6.07, 6.45) is 4.20. The largest absolute Gasteiger partial charge is 0.673 e. The van der Waals surface area contributed by atoms with Crippen molar-refractivity contribution < 1.29 is 22.1 Å². The SMILES string of the molecule is CCN1C=CN(C)C1.C[Si](C)(C)O.F[B-](F)(F)F.Nc1ccccc1. The Morgan fingerprint density at radius 3 is 1.64 bits per heavy atom. The first kappa shape index (κ1) is 25.6. The molecule has 10 heteroatoms. The average molecular weight is 382 g/mol. The third-order valence-corrected chi connectivity index (χ3v) is 2.14. The predicted octanol–water partition coefficient (Wildman–Crippen LogP) is 4.06. The smallest absolute Gasteiger partial charge is 0.433 e. The first-order valence-electron chi connectivity index (χ1n) is 7.75. The monoisotopic (exact) mass is 382 g/mol. The van der Waals surface area contributed by atoms with Gasteiger partial charge in [0.25, 0.3) is 0 Å². The lowest BCUT2D eigenvalue weighted by Gasteiger charge is -2.14. The number of anilines is 1. The molecule has 1 aliphatic heterocycles. The Hall–Kier alpha value is -1.68. The van der Waals surface area contributed by atoms with Gasteiger partial charge in [-0.2, -0.15) is 0 Å². The highest BCUT2D eigenvalue weighted by Crippen LogP contribution is 2.06. The van der Waals surface area contributed by atoms with E-state index >= 15 is 0 Å². The fraction of sp³-hybridized carbons (Fsp3) is 0.467. The maximum atomic E-state index is 9.75. The van der Waals surface area contributed by atoms with Crippen LogP contribution in [0.4, 0.5) is 23.0 Å². The number of benzene rings is 1. The molecule has 3 N–H and O–H groups in total. The topological polar surface area (TPSA) is 52.7 Å². The molecule has 0 unspecified atom stereocenters. The van der Waals surface area contributed by atoms with Gasteiger partial charge >= 0.3 is 7.25 Å². The average Bonchev–Trinajstić information content (AvgIpc) is 2.82. The fourth-order valence-electron chi connectivity index (χ4n) is 1.25. The van der Waals surface area contributed by atoms with Gasteiger partial charge in [-0.05, 0) is 38.7 Å². The summed E-state index contributed by atoms with van der Waals surface area (Å²) in [5, 5.41) is 0. The second-order valence-corrected chi connectivity index (χ2v) is 10.5. The molecule has 0 atom stereocenters. The summed E-state index contributed by atoms with van der Waals surface area (Å²) >= 11 is 0. The Labute approximate surface area is 149 Å². The van der Waals surface area contributed by atoms with Gasteiger partial charge in [-0.3, -0.25) is 0 Å². The minimum Gasteiger partial charge on any atom is -0.433 e. The first-order valence-corrected chi connectivity index (χ1v) is 11.2. The highest BCUT2D eigenvalue weighted by atomic mass is 28.4. The van der Waals surface area contributed by atoms with Crippen LogP contribution < -0.4 is 5.73 Å². The number of nitrogens with zero attached hydrogens (tertiary/aromatic N) is 2. The Morgan fingerprint density at radius 2 is 1.48 bits per heavy atom. The summed E-state index contributed by atoms with van der Waals surface area (Å²) in [6, 6.07) is 9.49. The summed E-state index contributed by atoms with van der Waals surface area (Å²) in [4.78, 5) is 13.1. The van der Waals surface area contributed by atoms with Crippen LogP contribution >= 0.6 is 0 Å². The summed E-state index contributed by atoms with van der Waals surface area (Å²) < 4.78 is 39.0. The zero-order valence-electron chi connectivity index (χ0n) is 15.5. The van der Waals surface area contributed by atoms with Crippen LogP contribution in [-0.4, -0.2) is 50.4 Å². The van der Waals surface area contributed by atoms with Gasteiger partial charge in [-0.1, -0.05) is 18.2 Å². The van der Waals surface area contributed by atoms with Crippen molar-refractivity contribution in [2.24, 2.45) is 0 Å². The zero-order valence-corrected chi connectivity index (χ0v) is 16.5. The van der Waals surface area contributed by atoms with E-state index in [9.17, 15) is 17.3 Å². The zero-order chi connectivity index (χ0) is 20.1. The van der Waals surface area contributed by atoms with Crippen molar-refractivity contribution >= 4 is 21.3 Å². The van der Waals surface area contributed by atoms with E-state index in [0.29, 0.717) is 0 Å². The number of halogens is 4. The van der Waals surface area contributed by atoms with E-state index in [0.717, 1.165) is 18.9 Å². The molecular formula is C15H29BF4N3OSi-. The van der Waals surface area contributed by atoms with Crippen molar-refractivity contribution in [3.63, 3.8) is 0 Å². The summed E-state index contributed by atoms with van der Waals surface area (Å²) in [7, 11) is -5.54. The normalized spacial score (nSPS) is 13.0. The Morgan fingerprint density at radius 1 is 1.08 bits per heavy atom. The van der Waals surface area contributed by atoms with Gasteiger partial charge in [0.2, 0.25) is 0 Å². The van der Waals surface area contributed by atoms with Crippen molar-refractivity contribution in [3.05, 3.63) is 42.7 Å². The molecule has 1 aliphatic rings. The van der Waals surface area contributed by atoms with E-state index in [4.69, 9.17) is 10.5 Å². The molecule has 0 fully saturated rings. The minimum absolute atomic E-state index is 0.822. The first-order chi connectivity index (χ1) is 11.2. The van der Waals surface area contributed by atoms with Gasteiger partial charge in [0.15, 0.2) is 8.32 Å². The van der Waals surface area contributed by atoms with Gasteiger partial charge in [0.1, 0.15) is 0 Å². The predicted molar refractivity (Wildman–Crippen MR) is 101 cm³/mol. The molecule has 0 saturated heterocycles. The van der Waals surface area contributed by atoms with Crippen LogP contribution in [0.2, 0.25) is 19.6 Å². The summed E-state index contributed by atoms with van der Waals surface area (Å²) in [6.45, 7) is 9.97. The Kier molecular flexibility index (Phi) is 12.9. The number of hydrogen-bond acceptors (Lipinski definition) is 4. The van der Waals surface area contributed by atoms with Gasteiger partial charge in [-0.25, -0.2) is 0 Å². The van der Waals surface area contributed by atoms with E-state index in [1.165, 1.54) is 0 Å². The lowest BCUT2D eigenvalue weighted by atomic mass is 10.3.